The summed E-state index contributed by atoms with van der Waals surface area (Å²) in [6.07, 6.45) is 1.98. The van der Waals surface area contributed by atoms with Gasteiger partial charge in [0.1, 0.15) is 6.04 Å². The third kappa shape index (κ3) is 3.65. The number of carbonyl (C=O) groups excluding carboxylic acids is 1. The highest BCUT2D eigenvalue weighted by Gasteiger charge is 2.39. The number of morpholine rings is 1. The van der Waals surface area contributed by atoms with Crippen LogP contribution in [0.1, 0.15) is 19.8 Å². The number of hydrogen-bond acceptors (Lipinski definition) is 5. The molecule has 7 heteroatoms. The number of carbonyl (C=O) groups is 2. The minimum atomic E-state index is -1.87. The van der Waals surface area contributed by atoms with E-state index in [1.165, 1.54) is 6.92 Å². The van der Waals surface area contributed by atoms with Gasteiger partial charge in [0.15, 0.2) is 5.60 Å². The molecule has 0 aromatic heterocycles. The summed E-state index contributed by atoms with van der Waals surface area (Å²) in [5.41, 5.74) is -1.87. The first-order chi connectivity index (χ1) is 8.90. The molecule has 108 valence electrons. The summed E-state index contributed by atoms with van der Waals surface area (Å²) in [5, 5.41) is 21.6. The normalized spacial score (nSPS) is 27.6. The predicted molar refractivity (Wildman–Crippen MR) is 65.6 cm³/mol. The monoisotopic (exact) mass is 272 g/mol. The summed E-state index contributed by atoms with van der Waals surface area (Å²) in [6, 6.07) is -0.281. The Morgan fingerprint density at radius 2 is 2.16 bits per heavy atom. The van der Waals surface area contributed by atoms with Crippen LogP contribution in [0.15, 0.2) is 0 Å². The van der Waals surface area contributed by atoms with Crippen LogP contribution in [0.2, 0.25) is 0 Å². The van der Waals surface area contributed by atoms with Crippen molar-refractivity contribution in [3.63, 3.8) is 0 Å². The summed E-state index contributed by atoms with van der Waals surface area (Å²) in [6.45, 7) is 2.25. The van der Waals surface area contributed by atoms with Crippen molar-refractivity contribution in [1.29, 1.82) is 0 Å². The Labute approximate surface area is 111 Å². The predicted octanol–water partition coefficient (Wildman–Crippen LogP) is -1.20. The highest BCUT2D eigenvalue weighted by Crippen LogP contribution is 2.20. The summed E-state index contributed by atoms with van der Waals surface area (Å²) in [7, 11) is 0. The molecule has 2 fully saturated rings. The number of aliphatic hydroxyl groups is 1. The lowest BCUT2D eigenvalue weighted by Gasteiger charge is -2.37. The molecule has 0 radical (unpaired) electrons. The maximum atomic E-state index is 12.1. The summed E-state index contributed by atoms with van der Waals surface area (Å²) < 4.78 is 5.28. The molecule has 0 spiro atoms. The number of carboxylic acid groups (broad SMARTS) is 1. The van der Waals surface area contributed by atoms with Crippen LogP contribution in [0, 0.1) is 0 Å². The van der Waals surface area contributed by atoms with Crippen molar-refractivity contribution in [2.45, 2.75) is 37.5 Å². The molecule has 1 saturated carbocycles. The van der Waals surface area contributed by atoms with Crippen LogP contribution >= 0.6 is 0 Å². The molecule has 7 nitrogen and oxygen atoms in total. The Bertz CT molecular complexity index is 367. The van der Waals surface area contributed by atoms with Gasteiger partial charge in [-0.2, -0.15) is 0 Å². The molecule has 1 amide bonds. The average molecular weight is 272 g/mol. The largest absolute Gasteiger partial charge is 0.479 e. The molecule has 19 heavy (non-hydrogen) atoms. The molecular weight excluding hydrogens is 252 g/mol. The average Bonchev–Trinajstić information content (AvgIpc) is 3.12. The second-order valence-electron chi connectivity index (χ2n) is 5.42. The first-order valence-corrected chi connectivity index (χ1v) is 6.48. The fraction of sp³-hybridized carbons (Fsp3) is 0.833. The molecule has 1 saturated heterocycles. The van der Waals surface area contributed by atoms with Gasteiger partial charge in [0.2, 0.25) is 5.91 Å². The van der Waals surface area contributed by atoms with Crippen LogP contribution in [-0.4, -0.2) is 71.0 Å². The van der Waals surface area contributed by atoms with Gasteiger partial charge in [-0.15, -0.1) is 0 Å². The van der Waals surface area contributed by atoms with Crippen molar-refractivity contribution in [3.8, 4) is 0 Å². The fourth-order valence-electron chi connectivity index (χ4n) is 2.06. The molecule has 2 rings (SSSR count). The zero-order chi connectivity index (χ0) is 14.0. The lowest BCUT2D eigenvalue weighted by molar-refractivity contribution is -0.162. The van der Waals surface area contributed by atoms with Gasteiger partial charge < -0.3 is 20.3 Å². The molecule has 1 aliphatic carbocycles. The number of nitrogens with zero attached hydrogens (tertiary/aromatic N) is 1. The van der Waals surface area contributed by atoms with Crippen molar-refractivity contribution in [1.82, 2.24) is 10.2 Å². The van der Waals surface area contributed by atoms with Crippen LogP contribution < -0.4 is 5.32 Å². The highest BCUT2D eigenvalue weighted by molar-refractivity contribution is 5.83. The van der Waals surface area contributed by atoms with Crippen molar-refractivity contribution in [3.05, 3.63) is 0 Å². The topological polar surface area (TPSA) is 99.1 Å². The Morgan fingerprint density at radius 3 is 2.74 bits per heavy atom. The minimum Gasteiger partial charge on any atom is -0.479 e. The number of ether oxygens (including phenoxy) is 1. The van der Waals surface area contributed by atoms with E-state index < -0.39 is 17.6 Å². The standard InChI is InChI=1S/C12H20N2O5/c1-12(18,11(16)17)7-14-4-5-19-6-9(14)10(15)13-8-2-3-8/h8-9,18H,2-7H2,1H3,(H,13,15)(H,16,17). The molecular formula is C12H20N2O5. The van der Waals surface area contributed by atoms with Crippen LogP contribution in [0.3, 0.4) is 0 Å². The second kappa shape index (κ2) is 5.44. The molecule has 0 aromatic carbocycles. The Balaban J connectivity index is 1.98. The molecule has 1 aliphatic heterocycles. The zero-order valence-electron chi connectivity index (χ0n) is 11.0. The fourth-order valence-corrected chi connectivity index (χ4v) is 2.06. The third-order valence-corrected chi connectivity index (χ3v) is 3.44. The van der Waals surface area contributed by atoms with Crippen LogP contribution in [0.5, 0.6) is 0 Å². The molecule has 2 unspecified atom stereocenters. The van der Waals surface area contributed by atoms with Crippen molar-refractivity contribution >= 4 is 11.9 Å². The SMILES string of the molecule is CC(O)(CN1CCOCC1C(=O)NC1CC1)C(=O)O. The highest BCUT2D eigenvalue weighted by atomic mass is 16.5. The van der Waals surface area contributed by atoms with Gasteiger partial charge in [0.25, 0.3) is 0 Å². The van der Waals surface area contributed by atoms with E-state index in [0.29, 0.717) is 13.2 Å². The van der Waals surface area contributed by atoms with Crippen LogP contribution in [0.4, 0.5) is 0 Å². The summed E-state index contributed by atoms with van der Waals surface area (Å²) >= 11 is 0. The number of nitrogens with one attached hydrogen (secondary N) is 1. The molecule has 3 N–H and O–H groups in total. The molecule has 0 bridgehead atoms. The Kier molecular flexibility index (Phi) is 4.07. The van der Waals surface area contributed by atoms with Gasteiger partial charge in [-0.25, -0.2) is 4.79 Å². The number of aliphatic carboxylic acids is 1. The number of amides is 1. The Morgan fingerprint density at radius 1 is 1.47 bits per heavy atom. The van der Waals surface area contributed by atoms with E-state index in [9.17, 15) is 14.7 Å². The number of β-amino-alcohol motifs (C(OH)–C–C–N with tert-alkyl or cyclic N) is 1. The van der Waals surface area contributed by atoms with E-state index in [1.54, 1.807) is 4.90 Å². The van der Waals surface area contributed by atoms with Crippen LogP contribution in [0.25, 0.3) is 0 Å². The van der Waals surface area contributed by atoms with Gasteiger partial charge in [-0.1, -0.05) is 0 Å². The van der Waals surface area contributed by atoms with Gasteiger partial charge >= 0.3 is 5.97 Å². The number of carboxylic acids is 1. The van der Waals surface area contributed by atoms with Gasteiger partial charge in [0, 0.05) is 19.1 Å². The molecule has 0 aromatic rings. The van der Waals surface area contributed by atoms with Gasteiger partial charge in [-0.3, -0.25) is 9.69 Å². The first kappa shape index (κ1) is 14.2. The smallest absolute Gasteiger partial charge is 0.336 e. The molecule has 2 aliphatic rings. The van der Waals surface area contributed by atoms with Gasteiger partial charge in [0.05, 0.1) is 13.2 Å². The van der Waals surface area contributed by atoms with E-state index in [2.05, 4.69) is 5.32 Å². The second-order valence-corrected chi connectivity index (χ2v) is 5.42. The maximum absolute atomic E-state index is 12.1. The lowest BCUT2D eigenvalue weighted by Crippen LogP contribution is -2.59. The van der Waals surface area contributed by atoms with Crippen molar-refractivity contribution < 1.29 is 24.5 Å². The van der Waals surface area contributed by atoms with Crippen LogP contribution in [-0.2, 0) is 14.3 Å². The maximum Gasteiger partial charge on any atom is 0.336 e. The van der Waals surface area contributed by atoms with Gasteiger partial charge in [-0.05, 0) is 19.8 Å². The first-order valence-electron chi connectivity index (χ1n) is 6.48. The number of hydrogen-bond donors (Lipinski definition) is 3. The Hall–Kier alpha value is -1.18. The third-order valence-electron chi connectivity index (χ3n) is 3.44. The summed E-state index contributed by atoms with van der Waals surface area (Å²) in [5.74, 6) is -1.44. The van der Waals surface area contributed by atoms with Crippen molar-refractivity contribution in [2.75, 3.05) is 26.3 Å². The summed E-state index contributed by atoms with van der Waals surface area (Å²) in [4.78, 5) is 24.7. The van der Waals surface area contributed by atoms with Crippen molar-refractivity contribution in [2.24, 2.45) is 0 Å². The zero-order valence-corrected chi connectivity index (χ0v) is 11.0. The van der Waals surface area contributed by atoms with E-state index in [-0.39, 0.29) is 25.1 Å². The number of rotatable bonds is 5. The van der Waals surface area contributed by atoms with E-state index in [4.69, 9.17) is 9.84 Å². The lowest BCUT2D eigenvalue weighted by atomic mass is 10.0. The molecule has 2 atom stereocenters. The minimum absolute atomic E-state index is 0.0888. The van der Waals surface area contributed by atoms with E-state index >= 15 is 0 Å². The quantitative estimate of drug-likeness (QED) is 0.581. The van der Waals surface area contributed by atoms with E-state index in [1.807, 2.05) is 0 Å². The molecule has 1 heterocycles. The van der Waals surface area contributed by atoms with E-state index in [0.717, 1.165) is 12.8 Å².